The fourth-order valence-electron chi connectivity index (χ4n) is 2.08. The van der Waals surface area contributed by atoms with Gasteiger partial charge in [-0.05, 0) is 42.3 Å². The smallest absolute Gasteiger partial charge is 0.270 e. The number of hydrogen-bond acceptors (Lipinski definition) is 3. The number of nitrogens with zero attached hydrogens (tertiary/aromatic N) is 1. The minimum Gasteiger partial charge on any atom is -0.316 e. The molecular formula is C15H16N2O2. The molecule has 0 aliphatic rings. The van der Waals surface area contributed by atoms with E-state index in [0.29, 0.717) is 0 Å². The normalized spacial score (nSPS) is 10.4. The largest absolute Gasteiger partial charge is 0.316 e. The Hall–Kier alpha value is -2.20. The summed E-state index contributed by atoms with van der Waals surface area (Å²) in [6.07, 6.45) is 0. The topological polar surface area (TPSA) is 55.2 Å². The third-order valence-corrected chi connectivity index (χ3v) is 3.05. The molecule has 0 aliphatic heterocycles. The van der Waals surface area contributed by atoms with E-state index in [1.165, 1.54) is 6.07 Å². The Kier molecular flexibility index (Phi) is 3.92. The molecule has 0 unspecified atom stereocenters. The van der Waals surface area contributed by atoms with Crippen molar-refractivity contribution in [1.82, 2.24) is 5.32 Å². The van der Waals surface area contributed by atoms with Crippen LogP contribution in [0.3, 0.4) is 0 Å². The fraction of sp³-hybridized carbons (Fsp3) is 0.200. The molecule has 2 rings (SSSR count). The van der Waals surface area contributed by atoms with Crippen LogP contribution in [0.4, 0.5) is 5.69 Å². The molecule has 0 atom stereocenters. The molecule has 2 aromatic rings. The Bertz CT molecular complexity index is 609. The van der Waals surface area contributed by atoms with Gasteiger partial charge in [0.25, 0.3) is 5.69 Å². The van der Waals surface area contributed by atoms with Crippen molar-refractivity contribution in [3.8, 4) is 11.1 Å². The minimum atomic E-state index is -0.365. The van der Waals surface area contributed by atoms with Gasteiger partial charge in [0.05, 0.1) is 4.92 Å². The number of rotatable bonds is 4. The van der Waals surface area contributed by atoms with Crippen LogP contribution >= 0.6 is 0 Å². The number of benzene rings is 2. The number of nitrogens with one attached hydrogen (secondary N) is 1. The average Bonchev–Trinajstić information content (AvgIpc) is 2.41. The van der Waals surface area contributed by atoms with Gasteiger partial charge in [0.15, 0.2) is 0 Å². The molecule has 0 saturated carbocycles. The second kappa shape index (κ2) is 5.63. The van der Waals surface area contributed by atoms with Crippen LogP contribution in [0.25, 0.3) is 11.1 Å². The summed E-state index contributed by atoms with van der Waals surface area (Å²) in [6.45, 7) is 2.79. The van der Waals surface area contributed by atoms with E-state index in [1.54, 1.807) is 12.1 Å². The van der Waals surface area contributed by atoms with Crippen LogP contribution < -0.4 is 5.32 Å². The zero-order valence-corrected chi connectivity index (χ0v) is 11.0. The monoisotopic (exact) mass is 256 g/mol. The van der Waals surface area contributed by atoms with Gasteiger partial charge >= 0.3 is 0 Å². The summed E-state index contributed by atoms with van der Waals surface area (Å²) in [7, 11) is 1.90. The molecule has 0 aromatic heterocycles. The number of aryl methyl sites for hydroxylation is 1. The Morgan fingerprint density at radius 2 is 2.00 bits per heavy atom. The van der Waals surface area contributed by atoms with Crippen molar-refractivity contribution in [2.24, 2.45) is 0 Å². The van der Waals surface area contributed by atoms with E-state index in [2.05, 4.69) is 17.4 Å². The minimum absolute atomic E-state index is 0.121. The standard InChI is InChI=1S/C15H16N2O2/c1-11-6-7-12(10-16-2)8-15(11)13-4-3-5-14(9-13)17(18)19/h3-9,16H,10H2,1-2H3. The second-order valence-corrected chi connectivity index (χ2v) is 4.49. The van der Waals surface area contributed by atoms with Gasteiger partial charge < -0.3 is 5.32 Å². The van der Waals surface area contributed by atoms with Gasteiger partial charge in [0.2, 0.25) is 0 Å². The summed E-state index contributed by atoms with van der Waals surface area (Å²) in [6, 6.07) is 12.9. The highest BCUT2D eigenvalue weighted by atomic mass is 16.6. The van der Waals surface area contributed by atoms with Crippen LogP contribution in [0.1, 0.15) is 11.1 Å². The SMILES string of the molecule is CNCc1ccc(C)c(-c2cccc([N+](=O)[O-])c2)c1. The molecule has 4 heteroatoms. The first kappa shape index (κ1) is 13.2. The summed E-state index contributed by atoms with van der Waals surface area (Å²) in [4.78, 5) is 10.5. The first-order valence-corrected chi connectivity index (χ1v) is 6.11. The predicted molar refractivity (Wildman–Crippen MR) is 76.0 cm³/mol. The molecule has 0 amide bonds. The fourth-order valence-corrected chi connectivity index (χ4v) is 2.08. The molecular weight excluding hydrogens is 240 g/mol. The lowest BCUT2D eigenvalue weighted by Gasteiger charge is -2.09. The summed E-state index contributed by atoms with van der Waals surface area (Å²) >= 11 is 0. The van der Waals surface area contributed by atoms with Crippen molar-refractivity contribution in [2.45, 2.75) is 13.5 Å². The zero-order valence-electron chi connectivity index (χ0n) is 11.0. The molecule has 2 aromatic carbocycles. The summed E-state index contributed by atoms with van der Waals surface area (Å²) in [5.74, 6) is 0. The van der Waals surface area contributed by atoms with Gasteiger partial charge in [-0.2, -0.15) is 0 Å². The molecule has 0 saturated heterocycles. The van der Waals surface area contributed by atoms with Crippen molar-refractivity contribution in [1.29, 1.82) is 0 Å². The third-order valence-electron chi connectivity index (χ3n) is 3.05. The Morgan fingerprint density at radius 3 is 2.68 bits per heavy atom. The molecule has 0 aliphatic carbocycles. The Labute approximate surface area is 112 Å². The van der Waals surface area contributed by atoms with Crippen molar-refractivity contribution < 1.29 is 4.92 Å². The highest BCUT2D eigenvalue weighted by molar-refractivity contribution is 5.70. The molecule has 0 bridgehead atoms. The van der Waals surface area contributed by atoms with E-state index in [1.807, 2.05) is 26.1 Å². The molecule has 1 N–H and O–H groups in total. The molecule has 0 fully saturated rings. The quantitative estimate of drug-likeness (QED) is 0.674. The van der Waals surface area contributed by atoms with E-state index in [-0.39, 0.29) is 10.6 Å². The van der Waals surface area contributed by atoms with E-state index in [0.717, 1.165) is 28.8 Å². The lowest BCUT2D eigenvalue weighted by molar-refractivity contribution is -0.384. The molecule has 0 heterocycles. The van der Waals surface area contributed by atoms with Gasteiger partial charge in [-0.15, -0.1) is 0 Å². The maximum atomic E-state index is 10.8. The van der Waals surface area contributed by atoms with Crippen molar-refractivity contribution in [2.75, 3.05) is 7.05 Å². The number of nitro benzene ring substituents is 1. The van der Waals surface area contributed by atoms with Crippen molar-refractivity contribution >= 4 is 5.69 Å². The van der Waals surface area contributed by atoms with E-state index >= 15 is 0 Å². The first-order valence-electron chi connectivity index (χ1n) is 6.11. The predicted octanol–water partition coefficient (Wildman–Crippen LogP) is 3.29. The molecule has 0 radical (unpaired) electrons. The zero-order chi connectivity index (χ0) is 13.8. The second-order valence-electron chi connectivity index (χ2n) is 4.49. The van der Waals surface area contributed by atoms with Gasteiger partial charge in [-0.25, -0.2) is 0 Å². The average molecular weight is 256 g/mol. The number of nitro groups is 1. The number of non-ortho nitro benzene ring substituents is 1. The lowest BCUT2D eigenvalue weighted by atomic mass is 9.98. The van der Waals surface area contributed by atoms with Crippen LogP contribution in [-0.2, 0) is 6.54 Å². The molecule has 19 heavy (non-hydrogen) atoms. The molecule has 98 valence electrons. The van der Waals surface area contributed by atoms with Gasteiger partial charge in [-0.1, -0.05) is 24.3 Å². The third kappa shape index (κ3) is 2.98. The Balaban J connectivity index is 2.48. The van der Waals surface area contributed by atoms with E-state index < -0.39 is 0 Å². The Morgan fingerprint density at radius 1 is 1.21 bits per heavy atom. The van der Waals surface area contributed by atoms with Gasteiger partial charge in [-0.3, -0.25) is 10.1 Å². The van der Waals surface area contributed by atoms with Crippen molar-refractivity contribution in [3.05, 3.63) is 63.7 Å². The lowest BCUT2D eigenvalue weighted by Crippen LogP contribution is -2.05. The van der Waals surface area contributed by atoms with Gasteiger partial charge in [0.1, 0.15) is 0 Å². The molecule has 0 spiro atoms. The van der Waals surface area contributed by atoms with Crippen LogP contribution in [0.15, 0.2) is 42.5 Å². The van der Waals surface area contributed by atoms with Crippen molar-refractivity contribution in [3.63, 3.8) is 0 Å². The maximum Gasteiger partial charge on any atom is 0.270 e. The van der Waals surface area contributed by atoms with Crippen LogP contribution in [-0.4, -0.2) is 12.0 Å². The van der Waals surface area contributed by atoms with Crippen LogP contribution in [0.2, 0.25) is 0 Å². The summed E-state index contributed by atoms with van der Waals surface area (Å²) in [5.41, 5.74) is 4.31. The molecule has 4 nitrogen and oxygen atoms in total. The summed E-state index contributed by atoms with van der Waals surface area (Å²) in [5, 5.41) is 13.9. The number of hydrogen-bond donors (Lipinski definition) is 1. The summed E-state index contributed by atoms with van der Waals surface area (Å²) < 4.78 is 0. The highest BCUT2D eigenvalue weighted by Gasteiger charge is 2.09. The van der Waals surface area contributed by atoms with Crippen LogP contribution in [0, 0.1) is 17.0 Å². The highest BCUT2D eigenvalue weighted by Crippen LogP contribution is 2.27. The van der Waals surface area contributed by atoms with E-state index in [4.69, 9.17) is 0 Å². The van der Waals surface area contributed by atoms with Crippen LogP contribution in [0.5, 0.6) is 0 Å². The van der Waals surface area contributed by atoms with E-state index in [9.17, 15) is 10.1 Å². The van der Waals surface area contributed by atoms with Gasteiger partial charge in [0, 0.05) is 18.7 Å². The maximum absolute atomic E-state index is 10.8. The first-order chi connectivity index (χ1) is 9.11.